The van der Waals surface area contributed by atoms with Crippen LogP contribution < -0.4 is 5.73 Å². The van der Waals surface area contributed by atoms with E-state index in [0.717, 1.165) is 0 Å². The van der Waals surface area contributed by atoms with E-state index in [4.69, 9.17) is 26.8 Å². The zero-order valence-corrected chi connectivity index (χ0v) is 13.3. The van der Waals surface area contributed by atoms with Gasteiger partial charge in [0.2, 0.25) is 5.88 Å². The summed E-state index contributed by atoms with van der Waals surface area (Å²) in [7, 11) is 0. The molecule has 1 heterocycles. The fourth-order valence-electron chi connectivity index (χ4n) is 2.38. The third kappa shape index (κ3) is 3.38. The highest BCUT2D eigenvalue weighted by Gasteiger charge is 2.36. The van der Waals surface area contributed by atoms with Gasteiger partial charge in [0, 0.05) is 5.02 Å². The maximum absolute atomic E-state index is 12.4. The Morgan fingerprint density at radius 3 is 2.96 bits per heavy atom. The number of carbonyl (C=O) groups excluding carboxylic acids is 1. The van der Waals surface area contributed by atoms with Gasteiger partial charge in [0.1, 0.15) is 24.0 Å². The van der Waals surface area contributed by atoms with Crippen LogP contribution in [0.2, 0.25) is 5.02 Å². The predicted octanol–water partition coefficient (Wildman–Crippen LogP) is 3.15. The van der Waals surface area contributed by atoms with Crippen molar-refractivity contribution in [3.8, 4) is 6.07 Å². The Kier molecular flexibility index (Phi) is 5.09. The zero-order valence-electron chi connectivity index (χ0n) is 12.5. The van der Waals surface area contributed by atoms with Crippen LogP contribution in [0.5, 0.6) is 0 Å². The molecule has 0 bridgehead atoms. The van der Waals surface area contributed by atoms with Gasteiger partial charge in [-0.2, -0.15) is 5.26 Å². The van der Waals surface area contributed by atoms with Crippen LogP contribution in [0.1, 0.15) is 18.4 Å². The molecule has 0 saturated heterocycles. The number of esters is 1. The fourth-order valence-corrected chi connectivity index (χ4v) is 2.58. The molecule has 1 aromatic carbocycles. The summed E-state index contributed by atoms with van der Waals surface area (Å²) >= 11 is 6.03. The Morgan fingerprint density at radius 2 is 2.35 bits per heavy atom. The van der Waals surface area contributed by atoms with Gasteiger partial charge >= 0.3 is 5.97 Å². The summed E-state index contributed by atoms with van der Waals surface area (Å²) in [5.41, 5.74) is 6.83. The third-order valence-electron chi connectivity index (χ3n) is 3.34. The minimum absolute atomic E-state index is 0.0322. The number of hydrogen-bond acceptors (Lipinski definition) is 5. The molecule has 1 atom stereocenters. The minimum Gasteiger partial charge on any atom is -0.458 e. The second-order valence-corrected chi connectivity index (χ2v) is 5.27. The number of nitrogens with two attached hydrogens (primary N) is 1. The predicted molar refractivity (Wildman–Crippen MR) is 86.0 cm³/mol. The van der Waals surface area contributed by atoms with E-state index in [1.165, 1.54) is 6.08 Å². The van der Waals surface area contributed by atoms with Crippen molar-refractivity contribution in [2.45, 2.75) is 12.8 Å². The van der Waals surface area contributed by atoms with E-state index in [-0.39, 0.29) is 23.6 Å². The second kappa shape index (κ2) is 7.03. The lowest BCUT2D eigenvalue weighted by Crippen LogP contribution is -2.25. The zero-order chi connectivity index (χ0) is 17.0. The Hall–Kier alpha value is -2.71. The summed E-state index contributed by atoms with van der Waals surface area (Å²) in [6, 6.07) is 8.89. The molecule has 2 N–H and O–H groups in total. The molecular weight excluding hydrogens is 316 g/mol. The maximum atomic E-state index is 12.4. The SMILES string of the molecule is C=CCOC(=O)C1=C(C)OC(N)=C(C#N)C1c1cccc(Cl)c1. The quantitative estimate of drug-likeness (QED) is 0.677. The number of ether oxygens (including phenoxy) is 2. The van der Waals surface area contributed by atoms with Crippen LogP contribution >= 0.6 is 11.6 Å². The first-order valence-corrected chi connectivity index (χ1v) is 7.19. The van der Waals surface area contributed by atoms with Gasteiger partial charge in [-0.05, 0) is 24.6 Å². The second-order valence-electron chi connectivity index (χ2n) is 4.84. The number of benzene rings is 1. The normalized spacial score (nSPS) is 17.3. The molecular formula is C17H15ClN2O3. The summed E-state index contributed by atoms with van der Waals surface area (Å²) in [5, 5.41) is 9.92. The Bertz CT molecular complexity index is 759. The summed E-state index contributed by atoms with van der Waals surface area (Å²) in [5.74, 6) is -1.02. The summed E-state index contributed by atoms with van der Waals surface area (Å²) < 4.78 is 10.5. The van der Waals surface area contributed by atoms with E-state index in [1.807, 2.05) is 6.07 Å². The molecule has 5 nitrogen and oxygen atoms in total. The first-order valence-electron chi connectivity index (χ1n) is 6.81. The van der Waals surface area contributed by atoms with Crippen LogP contribution in [-0.2, 0) is 14.3 Å². The lowest BCUT2D eigenvalue weighted by Gasteiger charge is -2.26. The van der Waals surface area contributed by atoms with E-state index < -0.39 is 11.9 Å². The monoisotopic (exact) mass is 330 g/mol. The number of nitriles is 1. The average Bonchev–Trinajstić information content (AvgIpc) is 2.52. The minimum atomic E-state index is -0.690. The van der Waals surface area contributed by atoms with Crippen LogP contribution in [-0.4, -0.2) is 12.6 Å². The molecule has 118 valence electrons. The van der Waals surface area contributed by atoms with Crippen molar-refractivity contribution in [2.75, 3.05) is 6.61 Å². The van der Waals surface area contributed by atoms with E-state index in [0.29, 0.717) is 16.3 Å². The molecule has 0 aliphatic carbocycles. The molecule has 1 unspecified atom stereocenters. The highest BCUT2D eigenvalue weighted by Crippen LogP contribution is 2.40. The van der Waals surface area contributed by atoms with Crippen molar-refractivity contribution in [3.63, 3.8) is 0 Å². The van der Waals surface area contributed by atoms with Crippen LogP contribution in [0.4, 0.5) is 0 Å². The topological polar surface area (TPSA) is 85.3 Å². The van der Waals surface area contributed by atoms with Gasteiger partial charge in [0.05, 0.1) is 11.5 Å². The smallest absolute Gasteiger partial charge is 0.338 e. The van der Waals surface area contributed by atoms with Gasteiger partial charge in [-0.15, -0.1) is 0 Å². The number of rotatable bonds is 4. The number of nitrogens with zero attached hydrogens (tertiary/aromatic N) is 1. The van der Waals surface area contributed by atoms with Crippen molar-refractivity contribution in [2.24, 2.45) is 5.73 Å². The fraction of sp³-hybridized carbons (Fsp3) is 0.176. The molecule has 0 saturated carbocycles. The molecule has 2 rings (SSSR count). The largest absolute Gasteiger partial charge is 0.458 e. The van der Waals surface area contributed by atoms with Crippen molar-refractivity contribution in [1.29, 1.82) is 5.26 Å². The molecule has 0 radical (unpaired) electrons. The lowest BCUT2D eigenvalue weighted by molar-refractivity contribution is -0.138. The van der Waals surface area contributed by atoms with Gasteiger partial charge in [-0.3, -0.25) is 0 Å². The van der Waals surface area contributed by atoms with Crippen molar-refractivity contribution >= 4 is 17.6 Å². The van der Waals surface area contributed by atoms with Crippen LogP contribution in [0.25, 0.3) is 0 Å². The molecule has 0 fully saturated rings. The van der Waals surface area contributed by atoms with Gasteiger partial charge < -0.3 is 15.2 Å². The van der Waals surface area contributed by atoms with Crippen LogP contribution in [0, 0.1) is 11.3 Å². The lowest BCUT2D eigenvalue weighted by atomic mass is 9.83. The van der Waals surface area contributed by atoms with Gasteiger partial charge in [-0.25, -0.2) is 4.79 Å². The van der Waals surface area contributed by atoms with E-state index >= 15 is 0 Å². The van der Waals surface area contributed by atoms with Crippen LogP contribution in [0.3, 0.4) is 0 Å². The Labute approximate surface area is 139 Å². The van der Waals surface area contributed by atoms with Gasteiger partial charge in [0.25, 0.3) is 0 Å². The van der Waals surface area contributed by atoms with Crippen molar-refractivity contribution < 1.29 is 14.3 Å². The molecule has 1 aromatic rings. The van der Waals surface area contributed by atoms with E-state index in [2.05, 4.69) is 6.58 Å². The number of halogens is 1. The van der Waals surface area contributed by atoms with E-state index in [9.17, 15) is 10.1 Å². The van der Waals surface area contributed by atoms with Crippen LogP contribution in [0.15, 0.2) is 59.7 Å². The van der Waals surface area contributed by atoms with Gasteiger partial charge in [-0.1, -0.05) is 36.4 Å². The number of carbonyl (C=O) groups is 1. The summed E-state index contributed by atoms with van der Waals surface area (Å²) in [6.45, 7) is 5.16. The highest BCUT2D eigenvalue weighted by molar-refractivity contribution is 6.30. The number of hydrogen-bond donors (Lipinski definition) is 1. The van der Waals surface area contributed by atoms with E-state index in [1.54, 1.807) is 31.2 Å². The Balaban J connectivity index is 2.57. The molecule has 1 aliphatic rings. The molecule has 6 heteroatoms. The molecule has 0 amide bonds. The molecule has 23 heavy (non-hydrogen) atoms. The number of allylic oxidation sites excluding steroid dienone is 2. The van der Waals surface area contributed by atoms with Crippen molar-refractivity contribution in [1.82, 2.24) is 0 Å². The third-order valence-corrected chi connectivity index (χ3v) is 3.57. The summed E-state index contributed by atoms with van der Waals surface area (Å²) in [6.07, 6.45) is 1.46. The standard InChI is InChI=1S/C17H15ClN2O3/c1-3-7-22-17(21)14-10(2)23-16(20)13(9-19)15(14)11-5-4-6-12(18)8-11/h3-6,8,15H,1,7,20H2,2H3. The van der Waals surface area contributed by atoms with Crippen molar-refractivity contribution in [3.05, 3.63) is 70.3 Å². The first-order chi connectivity index (χ1) is 11.0. The highest BCUT2D eigenvalue weighted by atomic mass is 35.5. The first kappa shape index (κ1) is 16.7. The Morgan fingerprint density at radius 1 is 1.61 bits per heavy atom. The maximum Gasteiger partial charge on any atom is 0.338 e. The van der Waals surface area contributed by atoms with Gasteiger partial charge in [0.15, 0.2) is 0 Å². The average molecular weight is 331 g/mol. The summed E-state index contributed by atoms with van der Waals surface area (Å²) in [4.78, 5) is 12.4. The molecule has 1 aliphatic heterocycles. The molecule has 0 spiro atoms. The molecule has 0 aromatic heterocycles.